The van der Waals surface area contributed by atoms with Crippen LogP contribution in [-0.2, 0) is 0 Å². The quantitative estimate of drug-likeness (QED) is 0.414. The molecule has 0 fully saturated rings. The van der Waals surface area contributed by atoms with Gasteiger partial charge in [-0.25, -0.2) is 0 Å². The van der Waals surface area contributed by atoms with Crippen molar-refractivity contribution in [2.75, 3.05) is 0 Å². The predicted molar refractivity (Wildman–Crippen MR) is 105 cm³/mol. The summed E-state index contributed by atoms with van der Waals surface area (Å²) >= 11 is 0. The fraction of sp³-hybridized carbons (Fsp3) is 0.182. The number of benzene rings is 2. The van der Waals surface area contributed by atoms with Crippen molar-refractivity contribution >= 4 is 11.4 Å². The summed E-state index contributed by atoms with van der Waals surface area (Å²) in [7, 11) is 0. The van der Waals surface area contributed by atoms with Crippen molar-refractivity contribution in [1.29, 1.82) is 0 Å². The monoisotopic (exact) mass is 328 g/mol. The van der Waals surface area contributed by atoms with E-state index in [9.17, 15) is 10.8 Å². The summed E-state index contributed by atoms with van der Waals surface area (Å²) in [6.07, 6.45) is 0. The Kier molecular flexibility index (Phi) is 10.6. The van der Waals surface area contributed by atoms with E-state index in [4.69, 9.17) is 0 Å². The first-order valence-electron chi connectivity index (χ1n) is 8.02. The van der Waals surface area contributed by atoms with Crippen LogP contribution in [0.3, 0.4) is 0 Å². The average Bonchev–Trinajstić information content (AvgIpc) is 2.65. The van der Waals surface area contributed by atoms with Crippen LogP contribution in [-0.4, -0.2) is 11.4 Å². The molecule has 2 rings (SSSR count). The van der Waals surface area contributed by atoms with E-state index in [1.165, 1.54) is 0 Å². The Morgan fingerprint density at radius 1 is 0.500 bits per heavy atom. The standard InChI is InChI=1S/C22H22N2.2Li/c1-15(17(3)21(23)19-11-7-5-8-12-19)16(2)18(4)22(24)20-13-9-6-10-14-20;;/h5-14H,1-4H3;;/q-2;2*+1/b17-15+,18-16+;;. The minimum absolute atomic E-state index is 0. The van der Waals surface area contributed by atoms with E-state index in [2.05, 4.69) is 0 Å². The molecule has 2 nitrogen and oxygen atoms in total. The van der Waals surface area contributed by atoms with Crippen molar-refractivity contribution in [3.8, 4) is 0 Å². The second-order valence-electron chi connectivity index (χ2n) is 5.93. The van der Waals surface area contributed by atoms with E-state index in [0.717, 1.165) is 33.4 Å². The van der Waals surface area contributed by atoms with Gasteiger partial charge in [0.2, 0.25) is 0 Å². The van der Waals surface area contributed by atoms with Gasteiger partial charge in [0.05, 0.1) is 0 Å². The van der Waals surface area contributed by atoms with Gasteiger partial charge in [0.15, 0.2) is 0 Å². The van der Waals surface area contributed by atoms with Crippen LogP contribution < -0.4 is 37.7 Å². The van der Waals surface area contributed by atoms with E-state index >= 15 is 0 Å². The van der Waals surface area contributed by atoms with E-state index in [-0.39, 0.29) is 49.1 Å². The third kappa shape index (κ3) is 5.73. The summed E-state index contributed by atoms with van der Waals surface area (Å²) in [5, 5.41) is 21.0. The Bertz CT molecular complexity index is 748. The second kappa shape index (κ2) is 11.2. The van der Waals surface area contributed by atoms with E-state index < -0.39 is 0 Å². The Morgan fingerprint density at radius 2 is 0.769 bits per heavy atom. The molecule has 2 aromatic carbocycles. The molecule has 0 amide bonds. The summed E-state index contributed by atoms with van der Waals surface area (Å²) in [6.45, 7) is 7.72. The van der Waals surface area contributed by atoms with Gasteiger partial charge in [-0.05, 0) is 50.0 Å². The molecule has 0 aliphatic heterocycles. The minimum atomic E-state index is 0. The van der Waals surface area contributed by atoms with Crippen molar-refractivity contribution in [3.05, 3.63) is 105 Å². The van der Waals surface area contributed by atoms with Crippen LogP contribution >= 0.6 is 0 Å². The fourth-order valence-corrected chi connectivity index (χ4v) is 2.54. The van der Waals surface area contributed by atoms with Crippen molar-refractivity contribution in [3.63, 3.8) is 0 Å². The van der Waals surface area contributed by atoms with Gasteiger partial charge in [0.25, 0.3) is 0 Å². The van der Waals surface area contributed by atoms with Crippen LogP contribution in [0.25, 0.3) is 10.8 Å². The molecule has 0 aliphatic carbocycles. The molecular weight excluding hydrogens is 306 g/mol. The zero-order chi connectivity index (χ0) is 17.7. The molecule has 0 heterocycles. The van der Waals surface area contributed by atoms with Gasteiger partial charge in [0, 0.05) is 0 Å². The maximum atomic E-state index is 10.5. The van der Waals surface area contributed by atoms with E-state index in [1.807, 2.05) is 88.4 Å². The van der Waals surface area contributed by atoms with Gasteiger partial charge in [0.1, 0.15) is 0 Å². The Hall–Kier alpha value is -1.55. The van der Waals surface area contributed by atoms with Crippen LogP contribution in [0.2, 0.25) is 0 Å². The molecule has 0 atom stereocenters. The molecule has 0 radical (unpaired) electrons. The molecule has 0 bridgehead atoms. The number of allylic oxidation sites excluding steroid dienone is 4. The zero-order valence-corrected chi connectivity index (χ0v) is 16.7. The van der Waals surface area contributed by atoms with Crippen molar-refractivity contribution in [1.82, 2.24) is 0 Å². The molecule has 0 saturated heterocycles. The predicted octanol–water partition coefficient (Wildman–Crippen LogP) is -0.215. The Morgan fingerprint density at radius 3 is 1.04 bits per heavy atom. The molecule has 0 unspecified atom stereocenters. The number of nitrogens with zero attached hydrogens (tertiary/aromatic N) is 2. The summed E-state index contributed by atoms with van der Waals surface area (Å²) in [5.41, 5.74) is 5.62. The van der Waals surface area contributed by atoms with Gasteiger partial charge < -0.3 is 10.8 Å². The normalized spacial score (nSPS) is 12.0. The summed E-state index contributed by atoms with van der Waals surface area (Å²) in [6, 6.07) is 19.0. The van der Waals surface area contributed by atoms with Gasteiger partial charge >= 0.3 is 37.7 Å². The number of hydrogen-bond donors (Lipinski definition) is 0. The second-order valence-corrected chi connectivity index (χ2v) is 5.93. The molecule has 122 valence electrons. The minimum Gasteiger partial charge on any atom is -0.803 e. The molecule has 2 aromatic rings. The van der Waals surface area contributed by atoms with Crippen molar-refractivity contribution in [2.24, 2.45) is 0 Å². The largest absolute Gasteiger partial charge is 1.00 e. The van der Waals surface area contributed by atoms with Crippen molar-refractivity contribution in [2.45, 2.75) is 27.7 Å². The number of rotatable bonds is 5. The molecular formula is C22H22Li2N2. The van der Waals surface area contributed by atoms with Crippen LogP contribution in [0.4, 0.5) is 0 Å². The maximum Gasteiger partial charge on any atom is 1.00 e. The van der Waals surface area contributed by atoms with Gasteiger partial charge in [-0.3, -0.25) is 0 Å². The van der Waals surface area contributed by atoms with E-state index in [0.29, 0.717) is 0 Å². The molecule has 0 aliphatic rings. The van der Waals surface area contributed by atoms with Gasteiger partial charge in [-0.1, -0.05) is 71.8 Å². The molecule has 4 heteroatoms. The molecule has 0 aromatic heterocycles. The fourth-order valence-electron chi connectivity index (χ4n) is 2.54. The molecule has 0 saturated carbocycles. The molecule has 0 spiro atoms. The molecule has 26 heavy (non-hydrogen) atoms. The summed E-state index contributed by atoms with van der Waals surface area (Å²) in [5.74, 6) is 0. The molecule has 0 N–H and O–H groups in total. The first-order chi connectivity index (χ1) is 11.4. The SMILES string of the molecule is C/C(C(=[N-])c1ccccc1)=C(C)\C(C)=C(/C)C(=[N-])c1ccccc1.[Li+].[Li+]. The zero-order valence-electron chi connectivity index (χ0n) is 16.7. The third-order valence-corrected chi connectivity index (χ3v) is 4.49. The van der Waals surface area contributed by atoms with Gasteiger partial charge in [-0.15, -0.1) is 11.4 Å². The van der Waals surface area contributed by atoms with Crippen molar-refractivity contribution < 1.29 is 37.7 Å². The van der Waals surface area contributed by atoms with Crippen LogP contribution in [0.5, 0.6) is 0 Å². The first-order valence-corrected chi connectivity index (χ1v) is 8.02. The topological polar surface area (TPSA) is 44.6 Å². The third-order valence-electron chi connectivity index (χ3n) is 4.49. The van der Waals surface area contributed by atoms with Crippen LogP contribution in [0.15, 0.2) is 83.0 Å². The Labute approximate surface area is 181 Å². The smallest absolute Gasteiger partial charge is 0.803 e. The van der Waals surface area contributed by atoms with E-state index in [1.54, 1.807) is 0 Å². The summed E-state index contributed by atoms with van der Waals surface area (Å²) < 4.78 is 0. The Balaban J connectivity index is 0.00000312. The maximum absolute atomic E-state index is 10.5. The summed E-state index contributed by atoms with van der Waals surface area (Å²) in [4.78, 5) is 0. The number of hydrogen-bond acceptors (Lipinski definition) is 0. The first kappa shape index (κ1) is 24.5. The van der Waals surface area contributed by atoms with Crippen LogP contribution in [0.1, 0.15) is 38.8 Å². The van der Waals surface area contributed by atoms with Crippen LogP contribution in [0, 0.1) is 0 Å². The average molecular weight is 328 g/mol. The van der Waals surface area contributed by atoms with Gasteiger partial charge in [-0.2, -0.15) is 0 Å².